The van der Waals surface area contributed by atoms with Crippen molar-refractivity contribution in [2.24, 2.45) is 0 Å². The quantitative estimate of drug-likeness (QED) is 0.244. The number of thiol groups is 1. The average molecular weight is 562 g/mol. The molecule has 0 saturated carbocycles. The lowest BCUT2D eigenvalue weighted by atomic mass is 10.1. The number of aryl methyl sites for hydroxylation is 1. The van der Waals surface area contributed by atoms with E-state index in [9.17, 15) is 8.42 Å². The van der Waals surface area contributed by atoms with Gasteiger partial charge in [0.15, 0.2) is 17.1 Å². The van der Waals surface area contributed by atoms with Crippen molar-refractivity contribution in [1.82, 2.24) is 34.2 Å². The molecule has 0 saturated heterocycles. The Hall–Kier alpha value is -4.62. The highest BCUT2D eigenvalue weighted by molar-refractivity contribution is 7.70. The number of pyridine rings is 2. The number of imidazole rings is 1. The minimum atomic E-state index is -2.99. The van der Waals surface area contributed by atoms with E-state index >= 15 is 0 Å². The van der Waals surface area contributed by atoms with Crippen LogP contribution >= 0.6 is 0 Å². The SMILES string of the molecule is CCOc1cccc(-c2nc3ncc(C(N[SH](=O)=O)c4ccc(C)cn4)nc3n2-c2c(OC)cccc2OC)n1. The molecule has 206 valence electrons. The number of benzene rings is 1. The molecule has 5 rings (SSSR count). The highest BCUT2D eigenvalue weighted by Gasteiger charge is 2.26. The van der Waals surface area contributed by atoms with Crippen LogP contribution in [0.1, 0.15) is 29.9 Å². The molecule has 4 aromatic heterocycles. The Labute approximate surface area is 232 Å². The molecule has 1 atom stereocenters. The molecule has 0 radical (unpaired) electrons. The standard InChI is InChI=1S/C27H27N7O5S/c1-5-39-22-11-6-8-18(30-22)26-32-25-27(34(26)24-20(37-3)9-7-10-21(24)38-4)31-19(15-29-25)23(33-40(35)36)17-13-12-16(2)14-28-17/h6-15,23,40H,5H2,1-4H3,(H,33,35,36). The van der Waals surface area contributed by atoms with Gasteiger partial charge in [-0.15, -0.1) is 0 Å². The number of hydrogen-bond donors (Lipinski definition) is 2. The largest absolute Gasteiger partial charge is 0.494 e. The lowest BCUT2D eigenvalue weighted by Gasteiger charge is -2.17. The van der Waals surface area contributed by atoms with Gasteiger partial charge >= 0.3 is 0 Å². The van der Waals surface area contributed by atoms with E-state index in [1.807, 2.05) is 26.0 Å². The average Bonchev–Trinajstić information content (AvgIpc) is 3.34. The van der Waals surface area contributed by atoms with Gasteiger partial charge < -0.3 is 14.2 Å². The summed E-state index contributed by atoms with van der Waals surface area (Å²) < 4.78 is 44.9. The van der Waals surface area contributed by atoms with Crippen LogP contribution in [0.3, 0.4) is 0 Å². The summed E-state index contributed by atoms with van der Waals surface area (Å²) in [6, 6.07) is 13.5. The number of fused-ring (bicyclic) bond motifs is 1. The van der Waals surface area contributed by atoms with E-state index in [1.165, 1.54) is 6.20 Å². The zero-order chi connectivity index (χ0) is 28.2. The summed E-state index contributed by atoms with van der Waals surface area (Å²) in [7, 11) is 0.116. The van der Waals surface area contributed by atoms with Gasteiger partial charge in [0.2, 0.25) is 16.8 Å². The molecule has 0 aliphatic heterocycles. The van der Waals surface area contributed by atoms with Gasteiger partial charge in [-0.1, -0.05) is 18.2 Å². The topological polar surface area (TPSA) is 143 Å². The van der Waals surface area contributed by atoms with E-state index < -0.39 is 16.9 Å². The summed E-state index contributed by atoms with van der Waals surface area (Å²) in [5, 5.41) is 0. The highest BCUT2D eigenvalue weighted by Crippen LogP contribution is 2.38. The molecule has 0 amide bonds. The van der Waals surface area contributed by atoms with Gasteiger partial charge in [-0.25, -0.2) is 33.1 Å². The molecule has 1 aromatic carbocycles. The zero-order valence-corrected chi connectivity index (χ0v) is 23.1. The van der Waals surface area contributed by atoms with Crippen LogP contribution in [0.2, 0.25) is 0 Å². The third-order valence-electron chi connectivity index (χ3n) is 6.02. The summed E-state index contributed by atoms with van der Waals surface area (Å²) >= 11 is 0. The minimum Gasteiger partial charge on any atom is -0.494 e. The van der Waals surface area contributed by atoms with E-state index in [0.29, 0.717) is 63.9 Å². The monoisotopic (exact) mass is 561 g/mol. The first-order valence-corrected chi connectivity index (χ1v) is 13.5. The van der Waals surface area contributed by atoms with E-state index in [0.717, 1.165) is 5.56 Å². The molecule has 5 aromatic rings. The van der Waals surface area contributed by atoms with Gasteiger partial charge in [0.05, 0.1) is 38.4 Å². The van der Waals surface area contributed by atoms with Crippen molar-refractivity contribution >= 4 is 22.2 Å². The third kappa shape index (κ3) is 5.28. The van der Waals surface area contributed by atoms with Crippen molar-refractivity contribution in [3.05, 3.63) is 77.9 Å². The fourth-order valence-electron chi connectivity index (χ4n) is 4.25. The molecule has 1 unspecified atom stereocenters. The van der Waals surface area contributed by atoms with E-state index in [2.05, 4.69) is 19.7 Å². The highest BCUT2D eigenvalue weighted by atomic mass is 32.2. The maximum absolute atomic E-state index is 11.8. The van der Waals surface area contributed by atoms with Crippen LogP contribution in [0.5, 0.6) is 17.4 Å². The van der Waals surface area contributed by atoms with Crippen molar-refractivity contribution in [3.8, 4) is 34.6 Å². The molecule has 4 heterocycles. The van der Waals surface area contributed by atoms with Crippen LogP contribution in [0.25, 0.3) is 28.5 Å². The Bertz CT molecular complexity index is 1710. The van der Waals surface area contributed by atoms with Gasteiger partial charge in [0.1, 0.15) is 28.9 Å². The molecular formula is C27H27N7O5S. The van der Waals surface area contributed by atoms with Crippen molar-refractivity contribution < 1.29 is 22.6 Å². The number of hydrogen-bond acceptors (Lipinski definition) is 10. The number of nitrogens with one attached hydrogen (secondary N) is 1. The van der Waals surface area contributed by atoms with E-state index in [1.54, 1.807) is 61.4 Å². The Balaban J connectivity index is 1.80. The van der Waals surface area contributed by atoms with E-state index in [4.69, 9.17) is 24.2 Å². The van der Waals surface area contributed by atoms with Crippen LogP contribution in [0, 0.1) is 6.92 Å². The fourth-order valence-corrected chi connectivity index (χ4v) is 4.72. The summed E-state index contributed by atoms with van der Waals surface area (Å²) in [5.74, 6) is 1.82. The number of nitrogens with zero attached hydrogens (tertiary/aromatic N) is 6. The van der Waals surface area contributed by atoms with Crippen molar-refractivity contribution in [3.63, 3.8) is 0 Å². The number of rotatable bonds is 10. The molecule has 0 spiro atoms. The van der Waals surface area contributed by atoms with Crippen LogP contribution in [0.15, 0.2) is 60.9 Å². The molecule has 13 heteroatoms. The second-order valence-corrected chi connectivity index (χ2v) is 9.37. The van der Waals surface area contributed by atoms with Crippen molar-refractivity contribution in [2.75, 3.05) is 20.8 Å². The first-order chi connectivity index (χ1) is 19.4. The smallest absolute Gasteiger partial charge is 0.213 e. The number of para-hydroxylation sites is 1. The van der Waals surface area contributed by atoms with Gasteiger partial charge in [0, 0.05) is 12.3 Å². The molecule has 0 bridgehead atoms. The van der Waals surface area contributed by atoms with Crippen LogP contribution < -0.4 is 18.9 Å². The normalized spacial score (nSPS) is 12.0. The number of aromatic nitrogens is 6. The maximum Gasteiger partial charge on any atom is 0.213 e. The summed E-state index contributed by atoms with van der Waals surface area (Å²) in [4.78, 5) is 23.2. The molecule has 1 N–H and O–H groups in total. The molecule has 0 aliphatic carbocycles. The van der Waals surface area contributed by atoms with E-state index in [-0.39, 0.29) is 0 Å². The lowest BCUT2D eigenvalue weighted by molar-refractivity contribution is 0.327. The fraction of sp³-hybridized carbons (Fsp3) is 0.222. The first-order valence-electron chi connectivity index (χ1n) is 12.3. The van der Waals surface area contributed by atoms with Gasteiger partial charge in [-0.05, 0) is 43.7 Å². The minimum absolute atomic E-state index is 0.303. The Morgan fingerprint density at radius 3 is 2.30 bits per heavy atom. The summed E-state index contributed by atoms with van der Waals surface area (Å²) in [6.07, 6.45) is 3.14. The second kappa shape index (κ2) is 11.6. The zero-order valence-electron chi connectivity index (χ0n) is 22.2. The number of methoxy groups -OCH3 is 2. The Kier molecular flexibility index (Phi) is 7.84. The van der Waals surface area contributed by atoms with Gasteiger partial charge in [-0.2, -0.15) is 0 Å². The van der Waals surface area contributed by atoms with Crippen LogP contribution in [0.4, 0.5) is 0 Å². The molecule has 0 aliphatic rings. The van der Waals surface area contributed by atoms with Crippen LogP contribution in [-0.2, 0) is 10.9 Å². The van der Waals surface area contributed by atoms with Crippen molar-refractivity contribution in [1.29, 1.82) is 0 Å². The molecule has 40 heavy (non-hydrogen) atoms. The first kappa shape index (κ1) is 27.0. The molecular weight excluding hydrogens is 534 g/mol. The Morgan fingerprint density at radius 2 is 1.65 bits per heavy atom. The Morgan fingerprint density at radius 1 is 0.900 bits per heavy atom. The molecule has 0 fully saturated rings. The van der Waals surface area contributed by atoms with Crippen molar-refractivity contribution in [2.45, 2.75) is 19.9 Å². The molecule has 12 nitrogen and oxygen atoms in total. The second-order valence-electron chi connectivity index (χ2n) is 8.60. The summed E-state index contributed by atoms with van der Waals surface area (Å²) in [5.41, 5.74) is 3.37. The predicted molar refractivity (Wildman–Crippen MR) is 148 cm³/mol. The summed E-state index contributed by atoms with van der Waals surface area (Å²) in [6.45, 7) is 4.22. The lowest BCUT2D eigenvalue weighted by Crippen LogP contribution is -2.23. The maximum atomic E-state index is 11.8. The predicted octanol–water partition coefficient (Wildman–Crippen LogP) is 3.20. The third-order valence-corrected chi connectivity index (χ3v) is 6.49. The van der Waals surface area contributed by atoms with Crippen LogP contribution in [-0.4, -0.2) is 58.7 Å². The van der Waals surface area contributed by atoms with Gasteiger partial charge in [-0.3, -0.25) is 9.55 Å². The van der Waals surface area contributed by atoms with Gasteiger partial charge in [0.25, 0.3) is 0 Å². The number of ether oxygens (including phenoxy) is 3.